The highest BCUT2D eigenvalue weighted by molar-refractivity contribution is 7.12. The Bertz CT molecular complexity index is 811. The molecule has 0 aliphatic heterocycles. The Hall–Kier alpha value is -2.10. The number of hydrogen-bond acceptors (Lipinski definition) is 2. The summed E-state index contributed by atoms with van der Waals surface area (Å²) in [4.78, 5) is 13.3. The summed E-state index contributed by atoms with van der Waals surface area (Å²) in [6.07, 6.45) is 0. The third-order valence-corrected chi connectivity index (χ3v) is 4.55. The van der Waals surface area contributed by atoms with Crippen LogP contribution in [-0.4, -0.2) is 5.91 Å². The lowest BCUT2D eigenvalue weighted by Gasteiger charge is -2.09. The molecule has 3 aromatic rings. The second-order valence-electron chi connectivity index (χ2n) is 4.94. The van der Waals surface area contributed by atoms with E-state index < -0.39 is 0 Å². The summed E-state index contributed by atoms with van der Waals surface area (Å²) < 4.78 is 0. The van der Waals surface area contributed by atoms with Gasteiger partial charge in [0.25, 0.3) is 5.91 Å². The largest absolute Gasteiger partial charge is 0.321 e. The normalized spacial score (nSPS) is 10.5. The Kier molecular flexibility index (Phi) is 4.27. The van der Waals surface area contributed by atoms with Gasteiger partial charge in [0, 0.05) is 16.3 Å². The fourth-order valence-electron chi connectivity index (χ4n) is 2.24. The molecule has 0 unspecified atom stereocenters. The van der Waals surface area contributed by atoms with Crippen LogP contribution in [0, 0.1) is 6.92 Å². The zero-order valence-corrected chi connectivity index (χ0v) is 13.5. The van der Waals surface area contributed by atoms with E-state index in [0.29, 0.717) is 9.90 Å². The lowest BCUT2D eigenvalue weighted by molar-refractivity contribution is 0.103. The molecule has 0 saturated heterocycles. The Morgan fingerprint density at radius 2 is 1.86 bits per heavy atom. The summed E-state index contributed by atoms with van der Waals surface area (Å²) >= 11 is 7.44. The molecule has 110 valence electrons. The number of hydrogen-bond donors (Lipinski definition) is 1. The molecule has 2 aromatic carbocycles. The van der Waals surface area contributed by atoms with E-state index in [1.165, 1.54) is 11.3 Å². The molecule has 0 spiro atoms. The minimum absolute atomic E-state index is 0.112. The Labute approximate surface area is 138 Å². The second-order valence-corrected chi connectivity index (χ2v) is 6.30. The van der Waals surface area contributed by atoms with Crippen molar-refractivity contribution in [3.63, 3.8) is 0 Å². The average molecular weight is 328 g/mol. The van der Waals surface area contributed by atoms with Crippen LogP contribution in [0.5, 0.6) is 0 Å². The van der Waals surface area contributed by atoms with E-state index in [9.17, 15) is 4.79 Å². The summed E-state index contributed by atoms with van der Waals surface area (Å²) in [6.45, 7) is 1.94. The maximum absolute atomic E-state index is 12.6. The van der Waals surface area contributed by atoms with Gasteiger partial charge in [-0.3, -0.25) is 4.79 Å². The number of anilines is 1. The van der Waals surface area contributed by atoms with E-state index >= 15 is 0 Å². The third-order valence-electron chi connectivity index (χ3n) is 3.40. The third kappa shape index (κ3) is 3.06. The smallest absolute Gasteiger partial charge is 0.266 e. The molecule has 1 heterocycles. The van der Waals surface area contributed by atoms with E-state index in [1.807, 2.05) is 60.8 Å². The number of nitrogens with one attached hydrogen (secondary N) is 1. The van der Waals surface area contributed by atoms with Crippen LogP contribution >= 0.6 is 22.9 Å². The molecule has 4 heteroatoms. The van der Waals surface area contributed by atoms with Crippen molar-refractivity contribution in [2.24, 2.45) is 0 Å². The van der Waals surface area contributed by atoms with E-state index in [1.54, 1.807) is 6.07 Å². The van der Waals surface area contributed by atoms with Gasteiger partial charge in [-0.25, -0.2) is 0 Å². The first-order valence-electron chi connectivity index (χ1n) is 6.85. The van der Waals surface area contributed by atoms with Crippen molar-refractivity contribution in [2.45, 2.75) is 6.92 Å². The van der Waals surface area contributed by atoms with Crippen LogP contribution in [0.1, 0.15) is 15.2 Å². The van der Waals surface area contributed by atoms with E-state index in [-0.39, 0.29) is 5.91 Å². The summed E-state index contributed by atoms with van der Waals surface area (Å²) in [5, 5.41) is 5.49. The van der Waals surface area contributed by atoms with Gasteiger partial charge < -0.3 is 5.32 Å². The first kappa shape index (κ1) is 14.8. The molecule has 22 heavy (non-hydrogen) atoms. The number of aryl methyl sites for hydroxylation is 1. The number of carbonyl (C=O) groups excluding carboxylic acids is 1. The first-order chi connectivity index (χ1) is 10.6. The van der Waals surface area contributed by atoms with Crippen molar-refractivity contribution in [1.82, 2.24) is 0 Å². The standard InChI is InChI=1S/C18H14ClNOS/c1-12-7-8-14(19)11-16(12)20-18(21)17-15(9-10-22-17)13-5-3-2-4-6-13/h2-11H,1H3,(H,20,21). The number of amides is 1. The van der Waals surface area contributed by atoms with Crippen molar-refractivity contribution < 1.29 is 4.79 Å². The van der Waals surface area contributed by atoms with Crippen LogP contribution in [0.2, 0.25) is 5.02 Å². The monoisotopic (exact) mass is 327 g/mol. The summed E-state index contributed by atoms with van der Waals surface area (Å²) in [6, 6.07) is 17.4. The van der Waals surface area contributed by atoms with Crippen molar-refractivity contribution in [3.8, 4) is 11.1 Å². The minimum atomic E-state index is -0.112. The molecule has 0 saturated carbocycles. The molecule has 1 amide bonds. The van der Waals surface area contributed by atoms with Crippen LogP contribution in [0.4, 0.5) is 5.69 Å². The predicted molar refractivity (Wildman–Crippen MR) is 93.9 cm³/mol. The number of rotatable bonds is 3. The van der Waals surface area contributed by atoms with Gasteiger partial charge in [-0.1, -0.05) is 48.0 Å². The van der Waals surface area contributed by atoms with Crippen LogP contribution in [-0.2, 0) is 0 Å². The van der Waals surface area contributed by atoms with Crippen LogP contribution in [0.3, 0.4) is 0 Å². The second kappa shape index (κ2) is 6.34. The van der Waals surface area contributed by atoms with Crippen LogP contribution in [0.25, 0.3) is 11.1 Å². The molecule has 0 atom stereocenters. The highest BCUT2D eigenvalue weighted by atomic mass is 35.5. The van der Waals surface area contributed by atoms with E-state index in [2.05, 4.69) is 5.32 Å². The van der Waals surface area contributed by atoms with Crippen molar-refractivity contribution in [2.75, 3.05) is 5.32 Å². The van der Waals surface area contributed by atoms with Gasteiger partial charge in [-0.15, -0.1) is 11.3 Å². The topological polar surface area (TPSA) is 29.1 Å². The fourth-order valence-corrected chi connectivity index (χ4v) is 3.22. The Morgan fingerprint density at radius 1 is 1.09 bits per heavy atom. The zero-order chi connectivity index (χ0) is 15.5. The molecule has 3 rings (SSSR count). The van der Waals surface area contributed by atoms with Crippen molar-refractivity contribution in [1.29, 1.82) is 0 Å². The number of benzene rings is 2. The lowest BCUT2D eigenvalue weighted by Crippen LogP contribution is -2.12. The maximum Gasteiger partial charge on any atom is 0.266 e. The molecule has 1 aromatic heterocycles. The molecule has 0 fully saturated rings. The number of halogens is 1. The summed E-state index contributed by atoms with van der Waals surface area (Å²) in [7, 11) is 0. The Balaban J connectivity index is 1.91. The quantitative estimate of drug-likeness (QED) is 0.663. The molecule has 2 nitrogen and oxygen atoms in total. The molecular formula is C18H14ClNOS. The lowest BCUT2D eigenvalue weighted by atomic mass is 10.1. The van der Waals surface area contributed by atoms with Gasteiger partial charge in [0.15, 0.2) is 0 Å². The predicted octanol–water partition coefficient (Wildman–Crippen LogP) is 5.63. The highest BCUT2D eigenvalue weighted by Gasteiger charge is 2.15. The molecule has 0 aliphatic carbocycles. The van der Waals surface area contributed by atoms with Gasteiger partial charge in [-0.05, 0) is 41.6 Å². The van der Waals surface area contributed by atoms with Gasteiger partial charge in [0.1, 0.15) is 0 Å². The summed E-state index contributed by atoms with van der Waals surface area (Å²) in [5.41, 5.74) is 3.71. The van der Waals surface area contributed by atoms with Gasteiger partial charge in [-0.2, -0.15) is 0 Å². The first-order valence-corrected chi connectivity index (χ1v) is 8.11. The van der Waals surface area contributed by atoms with Crippen molar-refractivity contribution in [3.05, 3.63) is 75.4 Å². The van der Waals surface area contributed by atoms with Gasteiger partial charge in [0.2, 0.25) is 0 Å². The zero-order valence-electron chi connectivity index (χ0n) is 12.0. The highest BCUT2D eigenvalue weighted by Crippen LogP contribution is 2.29. The van der Waals surface area contributed by atoms with Crippen LogP contribution < -0.4 is 5.32 Å². The fraction of sp³-hybridized carbons (Fsp3) is 0.0556. The van der Waals surface area contributed by atoms with E-state index in [4.69, 9.17) is 11.6 Å². The van der Waals surface area contributed by atoms with Gasteiger partial charge >= 0.3 is 0 Å². The molecule has 1 N–H and O–H groups in total. The number of thiophene rings is 1. The van der Waals surface area contributed by atoms with Crippen LogP contribution in [0.15, 0.2) is 60.0 Å². The molecular weight excluding hydrogens is 314 g/mol. The SMILES string of the molecule is Cc1ccc(Cl)cc1NC(=O)c1sccc1-c1ccccc1. The molecule has 0 radical (unpaired) electrons. The minimum Gasteiger partial charge on any atom is -0.321 e. The molecule has 0 aliphatic rings. The average Bonchev–Trinajstić information content (AvgIpc) is 3.01. The number of carbonyl (C=O) groups is 1. The Morgan fingerprint density at radius 3 is 2.64 bits per heavy atom. The maximum atomic E-state index is 12.6. The van der Waals surface area contributed by atoms with Gasteiger partial charge in [0.05, 0.1) is 4.88 Å². The van der Waals surface area contributed by atoms with Crippen molar-refractivity contribution >= 4 is 34.5 Å². The summed E-state index contributed by atoms with van der Waals surface area (Å²) in [5.74, 6) is -0.112. The molecule has 0 bridgehead atoms. The van der Waals surface area contributed by atoms with E-state index in [0.717, 1.165) is 22.4 Å².